The molecule has 0 spiro atoms. The maximum absolute atomic E-state index is 12.9. The highest BCUT2D eigenvalue weighted by Gasteiger charge is 2.41. The van der Waals surface area contributed by atoms with Crippen LogP contribution >= 0.6 is 0 Å². The molecule has 2 aliphatic heterocycles. The smallest absolute Gasteiger partial charge is 0.282 e. The van der Waals surface area contributed by atoms with Crippen molar-refractivity contribution in [3.05, 3.63) is 0 Å². The molecule has 1 saturated carbocycles. The van der Waals surface area contributed by atoms with Gasteiger partial charge in [0.1, 0.15) is 0 Å². The van der Waals surface area contributed by atoms with Gasteiger partial charge in [-0.2, -0.15) is 17.0 Å². The van der Waals surface area contributed by atoms with Crippen LogP contribution in [0.4, 0.5) is 0 Å². The van der Waals surface area contributed by atoms with Crippen molar-refractivity contribution in [3.63, 3.8) is 0 Å². The zero-order valence-corrected chi connectivity index (χ0v) is 17.3. The molecule has 0 aromatic carbocycles. The van der Waals surface area contributed by atoms with Gasteiger partial charge < -0.3 is 9.80 Å². The summed E-state index contributed by atoms with van der Waals surface area (Å²) < 4.78 is 28.1. The fourth-order valence-electron chi connectivity index (χ4n) is 4.58. The summed E-state index contributed by atoms with van der Waals surface area (Å²) in [5.41, 5.74) is 0. The molecule has 3 rings (SSSR count). The monoisotopic (exact) mass is 400 g/mol. The molecule has 1 unspecified atom stereocenters. The van der Waals surface area contributed by atoms with Gasteiger partial charge in [-0.05, 0) is 12.8 Å². The third-order valence-corrected chi connectivity index (χ3v) is 8.37. The largest absolute Gasteiger partial charge is 0.340 e. The Balaban J connectivity index is 1.55. The highest BCUT2D eigenvalue weighted by molar-refractivity contribution is 7.86. The fraction of sp³-hybridized carbons (Fsp3) is 0.889. The molecule has 2 saturated heterocycles. The summed E-state index contributed by atoms with van der Waals surface area (Å²) >= 11 is 0. The average Bonchev–Trinajstić information content (AvgIpc) is 3.31. The van der Waals surface area contributed by atoms with E-state index in [1.165, 1.54) is 8.61 Å². The van der Waals surface area contributed by atoms with Crippen molar-refractivity contribution in [2.45, 2.75) is 52.0 Å². The van der Waals surface area contributed by atoms with E-state index in [-0.39, 0.29) is 17.7 Å². The molecule has 154 valence electrons. The number of hydrogen-bond acceptors (Lipinski definition) is 4. The Labute approximate surface area is 162 Å². The van der Waals surface area contributed by atoms with Crippen LogP contribution in [0, 0.1) is 5.92 Å². The van der Waals surface area contributed by atoms with E-state index in [1.807, 2.05) is 18.7 Å². The van der Waals surface area contributed by atoms with Crippen molar-refractivity contribution >= 4 is 22.0 Å². The molecule has 0 N–H and O–H groups in total. The quantitative estimate of drug-likeness (QED) is 0.651. The van der Waals surface area contributed by atoms with E-state index in [4.69, 9.17) is 0 Å². The summed E-state index contributed by atoms with van der Waals surface area (Å²) in [6.45, 7) is 6.50. The Morgan fingerprint density at radius 3 is 2.22 bits per heavy atom. The average molecular weight is 401 g/mol. The number of rotatable bonds is 6. The Morgan fingerprint density at radius 2 is 1.67 bits per heavy atom. The molecule has 0 radical (unpaired) electrons. The minimum atomic E-state index is -3.45. The first-order valence-corrected chi connectivity index (χ1v) is 11.6. The number of amides is 2. The minimum absolute atomic E-state index is 0.00346. The predicted molar refractivity (Wildman–Crippen MR) is 102 cm³/mol. The summed E-state index contributed by atoms with van der Waals surface area (Å²) in [4.78, 5) is 28.9. The van der Waals surface area contributed by atoms with Crippen LogP contribution in [-0.4, -0.2) is 90.5 Å². The van der Waals surface area contributed by atoms with Gasteiger partial charge in [-0.25, -0.2) is 0 Å². The van der Waals surface area contributed by atoms with Crippen LogP contribution in [0.15, 0.2) is 0 Å². The van der Waals surface area contributed by atoms with Crippen molar-refractivity contribution < 1.29 is 18.0 Å². The van der Waals surface area contributed by atoms with Crippen molar-refractivity contribution in [1.82, 2.24) is 18.4 Å². The maximum Gasteiger partial charge on any atom is 0.282 e. The lowest BCUT2D eigenvalue weighted by molar-refractivity contribution is -0.137. The predicted octanol–water partition coefficient (Wildman–Crippen LogP) is 0.508. The van der Waals surface area contributed by atoms with Crippen molar-refractivity contribution in [2.24, 2.45) is 5.92 Å². The molecule has 2 heterocycles. The zero-order chi connectivity index (χ0) is 19.6. The summed E-state index contributed by atoms with van der Waals surface area (Å²) in [5, 5.41) is 0. The van der Waals surface area contributed by atoms with E-state index in [2.05, 4.69) is 0 Å². The Hall–Kier alpha value is -1.19. The highest BCUT2D eigenvalue weighted by Crippen LogP contribution is 2.30. The molecule has 0 aromatic rings. The summed E-state index contributed by atoms with van der Waals surface area (Å²) in [7, 11) is -3.45. The molecule has 0 aromatic heterocycles. The lowest BCUT2D eigenvalue weighted by atomic mass is 10.1. The van der Waals surface area contributed by atoms with E-state index in [0.717, 1.165) is 25.7 Å². The third kappa shape index (κ3) is 4.14. The van der Waals surface area contributed by atoms with Gasteiger partial charge >= 0.3 is 0 Å². The molecule has 27 heavy (non-hydrogen) atoms. The molecule has 9 heteroatoms. The molecule has 8 nitrogen and oxygen atoms in total. The second-order valence-corrected chi connectivity index (χ2v) is 9.63. The number of nitrogens with zero attached hydrogens (tertiary/aromatic N) is 4. The zero-order valence-electron chi connectivity index (χ0n) is 16.5. The Morgan fingerprint density at radius 1 is 1.07 bits per heavy atom. The van der Waals surface area contributed by atoms with Crippen LogP contribution in [-0.2, 0) is 19.8 Å². The van der Waals surface area contributed by atoms with E-state index >= 15 is 0 Å². The lowest BCUT2D eigenvalue weighted by Crippen LogP contribution is -2.55. The first-order valence-electron chi connectivity index (χ1n) is 10.2. The summed E-state index contributed by atoms with van der Waals surface area (Å²) in [5.74, 6) is -0.171. The van der Waals surface area contributed by atoms with Gasteiger partial charge in [0.2, 0.25) is 11.8 Å². The number of likely N-dealkylation sites (tertiary alicyclic amines) is 1. The van der Waals surface area contributed by atoms with Crippen LogP contribution in [0.1, 0.15) is 46.0 Å². The summed E-state index contributed by atoms with van der Waals surface area (Å²) in [6.07, 6.45) is 4.72. The van der Waals surface area contributed by atoms with Crippen LogP contribution in [0.2, 0.25) is 0 Å². The van der Waals surface area contributed by atoms with Crippen molar-refractivity contribution in [2.75, 3.05) is 45.8 Å². The molecular weight excluding hydrogens is 368 g/mol. The first-order chi connectivity index (χ1) is 12.9. The molecule has 2 amide bonds. The van der Waals surface area contributed by atoms with Crippen molar-refractivity contribution in [1.29, 1.82) is 0 Å². The van der Waals surface area contributed by atoms with Crippen LogP contribution in [0.25, 0.3) is 0 Å². The standard InChI is InChI=1S/C18H32N4O4S/c1-3-20(4-2)27(25,26)21-11-9-19(10-12-21)18(24)15-13-17(23)22(14-15)16-7-5-6-8-16/h15-16H,3-14H2,1-2H3. The first kappa shape index (κ1) is 20.5. The van der Waals surface area contributed by atoms with Crippen LogP contribution in [0.3, 0.4) is 0 Å². The SMILES string of the molecule is CCN(CC)S(=O)(=O)N1CCN(C(=O)C2CC(=O)N(C3CCCC3)C2)CC1. The highest BCUT2D eigenvalue weighted by atomic mass is 32.2. The number of piperazine rings is 1. The Kier molecular flexibility index (Phi) is 6.43. The third-order valence-electron chi connectivity index (χ3n) is 6.18. The molecular formula is C18H32N4O4S. The van der Waals surface area contributed by atoms with Gasteiger partial charge in [-0.15, -0.1) is 0 Å². The van der Waals surface area contributed by atoms with E-state index in [0.29, 0.717) is 58.3 Å². The van der Waals surface area contributed by atoms with Gasteiger partial charge in [0.15, 0.2) is 0 Å². The molecule has 0 bridgehead atoms. The second kappa shape index (κ2) is 8.45. The van der Waals surface area contributed by atoms with E-state index in [9.17, 15) is 18.0 Å². The van der Waals surface area contributed by atoms with Crippen molar-refractivity contribution in [3.8, 4) is 0 Å². The normalized spacial score (nSPS) is 25.7. The molecule has 3 aliphatic rings. The lowest BCUT2D eigenvalue weighted by Gasteiger charge is -2.37. The van der Waals surface area contributed by atoms with Gasteiger partial charge in [-0.1, -0.05) is 26.7 Å². The van der Waals surface area contributed by atoms with Gasteiger partial charge in [0.05, 0.1) is 5.92 Å². The van der Waals surface area contributed by atoms with Crippen LogP contribution < -0.4 is 0 Å². The van der Waals surface area contributed by atoms with Gasteiger partial charge in [0.25, 0.3) is 10.2 Å². The van der Waals surface area contributed by atoms with E-state index < -0.39 is 10.2 Å². The Bertz CT molecular complexity index is 650. The fourth-order valence-corrected chi connectivity index (χ4v) is 6.18. The van der Waals surface area contributed by atoms with E-state index in [1.54, 1.807) is 4.90 Å². The number of carbonyl (C=O) groups excluding carboxylic acids is 2. The number of carbonyl (C=O) groups is 2. The topological polar surface area (TPSA) is 81.2 Å². The maximum atomic E-state index is 12.9. The summed E-state index contributed by atoms with van der Waals surface area (Å²) in [6, 6.07) is 0.311. The molecule has 3 fully saturated rings. The molecule has 1 aliphatic carbocycles. The molecule has 1 atom stereocenters. The second-order valence-electron chi connectivity index (χ2n) is 7.70. The number of hydrogen-bond donors (Lipinski definition) is 0. The minimum Gasteiger partial charge on any atom is -0.340 e. The van der Waals surface area contributed by atoms with Gasteiger partial charge in [0, 0.05) is 58.3 Å². The van der Waals surface area contributed by atoms with Crippen LogP contribution in [0.5, 0.6) is 0 Å². The van der Waals surface area contributed by atoms with Gasteiger partial charge in [-0.3, -0.25) is 9.59 Å².